The molecule has 3 fully saturated rings. The lowest BCUT2D eigenvalue weighted by Gasteiger charge is -2.38. The van der Waals surface area contributed by atoms with E-state index in [0.717, 1.165) is 50.9 Å². The van der Waals surface area contributed by atoms with Crippen molar-refractivity contribution < 1.29 is 18.0 Å². The summed E-state index contributed by atoms with van der Waals surface area (Å²) in [6.45, 7) is 0. The van der Waals surface area contributed by atoms with Gasteiger partial charge in [-0.2, -0.15) is 0 Å². The van der Waals surface area contributed by atoms with Crippen molar-refractivity contribution >= 4 is 5.78 Å². The van der Waals surface area contributed by atoms with E-state index in [2.05, 4.69) is 0 Å². The molecule has 4 rings (SSSR count). The normalized spacial score (nSPS) is 31.1. The zero-order valence-corrected chi connectivity index (χ0v) is 17.3. The first kappa shape index (κ1) is 20.9. The van der Waals surface area contributed by atoms with Gasteiger partial charge in [-0.1, -0.05) is 12.8 Å². The average molecular weight is 407 g/mol. The Kier molecular flexibility index (Phi) is 6.66. The van der Waals surface area contributed by atoms with E-state index in [4.69, 9.17) is 0 Å². The van der Waals surface area contributed by atoms with Gasteiger partial charge in [0.2, 0.25) is 0 Å². The van der Waals surface area contributed by atoms with Crippen LogP contribution in [0.4, 0.5) is 13.2 Å². The maximum Gasteiger partial charge on any atom is 0.194 e. The third kappa shape index (κ3) is 4.88. The molecule has 0 radical (unpaired) electrons. The Morgan fingerprint density at radius 3 is 1.83 bits per heavy atom. The fourth-order valence-corrected chi connectivity index (χ4v) is 6.30. The molecule has 0 bridgehead atoms. The lowest BCUT2D eigenvalue weighted by molar-refractivity contribution is -0.124. The highest BCUT2D eigenvalue weighted by atomic mass is 19.2. The summed E-state index contributed by atoms with van der Waals surface area (Å²) in [6.07, 6.45) is 14.3. The van der Waals surface area contributed by atoms with Gasteiger partial charge in [-0.15, -0.1) is 0 Å². The van der Waals surface area contributed by atoms with E-state index in [9.17, 15) is 18.0 Å². The molecule has 1 nitrogen and oxygen atoms in total. The fraction of sp³-hybridized carbons (Fsp3) is 0.720. The summed E-state index contributed by atoms with van der Waals surface area (Å²) in [5, 5.41) is 0. The summed E-state index contributed by atoms with van der Waals surface area (Å²) < 4.78 is 40.3. The van der Waals surface area contributed by atoms with Gasteiger partial charge in [0.1, 0.15) is 5.78 Å². The van der Waals surface area contributed by atoms with Crippen LogP contribution in [-0.2, 0) is 4.79 Å². The van der Waals surface area contributed by atoms with Crippen molar-refractivity contribution in [2.45, 2.75) is 89.4 Å². The number of carbonyl (C=O) groups excluding carboxylic acids is 1. The Labute approximate surface area is 172 Å². The summed E-state index contributed by atoms with van der Waals surface area (Å²) in [5.74, 6) is -0.513. The first-order chi connectivity index (χ1) is 14.0. The van der Waals surface area contributed by atoms with Crippen LogP contribution in [0.3, 0.4) is 0 Å². The zero-order valence-electron chi connectivity index (χ0n) is 17.3. The molecule has 0 aliphatic heterocycles. The third-order valence-electron chi connectivity index (χ3n) is 8.11. The Hall–Kier alpha value is -1.32. The summed E-state index contributed by atoms with van der Waals surface area (Å²) in [7, 11) is 0. The molecule has 0 unspecified atom stereocenters. The van der Waals surface area contributed by atoms with Crippen LogP contribution in [0, 0.1) is 41.1 Å². The van der Waals surface area contributed by atoms with Crippen molar-refractivity contribution in [3.63, 3.8) is 0 Å². The number of carbonyl (C=O) groups is 1. The van der Waals surface area contributed by atoms with E-state index in [1.807, 2.05) is 0 Å². The van der Waals surface area contributed by atoms with Crippen LogP contribution in [0.2, 0.25) is 0 Å². The molecule has 0 heterocycles. The van der Waals surface area contributed by atoms with Gasteiger partial charge in [-0.3, -0.25) is 4.79 Å². The molecule has 1 aromatic rings. The Morgan fingerprint density at radius 1 is 0.759 bits per heavy atom. The van der Waals surface area contributed by atoms with Gasteiger partial charge in [0, 0.05) is 12.3 Å². The molecule has 4 heteroatoms. The molecule has 3 saturated carbocycles. The number of benzene rings is 1. The summed E-state index contributed by atoms with van der Waals surface area (Å²) >= 11 is 0. The molecule has 0 N–H and O–H groups in total. The van der Waals surface area contributed by atoms with Gasteiger partial charge in [0.25, 0.3) is 0 Å². The number of ketones is 1. The van der Waals surface area contributed by atoms with Crippen molar-refractivity contribution in [1.29, 1.82) is 0 Å². The molecule has 0 spiro atoms. The van der Waals surface area contributed by atoms with Crippen LogP contribution in [0.1, 0.15) is 95.0 Å². The van der Waals surface area contributed by atoms with E-state index in [1.165, 1.54) is 50.7 Å². The van der Waals surface area contributed by atoms with E-state index in [-0.39, 0.29) is 5.92 Å². The lowest BCUT2D eigenvalue weighted by Crippen LogP contribution is -2.27. The maximum atomic E-state index is 13.5. The largest absolute Gasteiger partial charge is 0.299 e. The minimum atomic E-state index is -1.37. The molecule has 0 amide bonds. The number of hydrogen-bond donors (Lipinski definition) is 0. The van der Waals surface area contributed by atoms with Gasteiger partial charge in [-0.25, -0.2) is 13.2 Å². The molecule has 3 aliphatic carbocycles. The predicted octanol–water partition coefficient (Wildman–Crippen LogP) is 7.33. The van der Waals surface area contributed by atoms with E-state index in [1.54, 1.807) is 0 Å². The molecule has 0 saturated heterocycles. The van der Waals surface area contributed by atoms with E-state index >= 15 is 0 Å². The lowest BCUT2D eigenvalue weighted by atomic mass is 9.67. The molecular formula is C25H33F3O. The summed E-state index contributed by atoms with van der Waals surface area (Å²) in [5.41, 5.74) is 0.606. The third-order valence-corrected chi connectivity index (χ3v) is 8.11. The first-order valence-electron chi connectivity index (χ1n) is 11.7. The summed E-state index contributed by atoms with van der Waals surface area (Å²) in [6, 6.07) is 2.35. The highest BCUT2D eigenvalue weighted by Gasteiger charge is 2.33. The summed E-state index contributed by atoms with van der Waals surface area (Å²) in [4.78, 5) is 12.5. The SMILES string of the molecule is O=C(CC1CCC(C2CCC(c3cc(F)c(F)c(F)c3)CC2)CC1)C1CCCC1. The van der Waals surface area contributed by atoms with Crippen LogP contribution in [-0.4, -0.2) is 5.78 Å². The van der Waals surface area contributed by atoms with Crippen LogP contribution in [0.15, 0.2) is 12.1 Å². The molecule has 1 aromatic carbocycles. The second kappa shape index (κ2) is 9.22. The zero-order chi connectivity index (χ0) is 20.4. The molecule has 0 aromatic heterocycles. The Balaban J connectivity index is 1.23. The smallest absolute Gasteiger partial charge is 0.194 e. The van der Waals surface area contributed by atoms with E-state index < -0.39 is 17.5 Å². The highest BCUT2D eigenvalue weighted by Crippen LogP contribution is 2.45. The van der Waals surface area contributed by atoms with Crippen LogP contribution < -0.4 is 0 Å². The van der Waals surface area contributed by atoms with E-state index in [0.29, 0.717) is 29.1 Å². The molecule has 29 heavy (non-hydrogen) atoms. The fourth-order valence-electron chi connectivity index (χ4n) is 6.30. The van der Waals surface area contributed by atoms with Crippen molar-refractivity contribution in [3.8, 4) is 0 Å². The van der Waals surface area contributed by atoms with Gasteiger partial charge < -0.3 is 0 Å². The topological polar surface area (TPSA) is 17.1 Å². The number of halogens is 3. The van der Waals surface area contributed by atoms with Crippen LogP contribution >= 0.6 is 0 Å². The standard InChI is InChI=1S/C25H33F3O/c26-22-14-21(15-23(27)25(22)28)19-11-9-18(10-12-19)17-7-5-16(6-8-17)13-24(29)20-3-1-2-4-20/h14-20H,1-13H2. The second-order valence-electron chi connectivity index (χ2n) is 9.84. The monoisotopic (exact) mass is 406 g/mol. The highest BCUT2D eigenvalue weighted by molar-refractivity contribution is 5.81. The van der Waals surface area contributed by atoms with Crippen molar-refractivity contribution in [2.24, 2.45) is 23.7 Å². The Bertz CT molecular complexity index is 686. The van der Waals surface area contributed by atoms with Gasteiger partial charge in [0.15, 0.2) is 17.5 Å². The average Bonchev–Trinajstić information content (AvgIpc) is 3.27. The minimum Gasteiger partial charge on any atom is -0.299 e. The number of Topliss-reactive ketones (excluding diaryl/α,β-unsaturated/α-hetero) is 1. The molecule has 160 valence electrons. The van der Waals surface area contributed by atoms with Gasteiger partial charge in [0.05, 0.1) is 0 Å². The van der Waals surface area contributed by atoms with Gasteiger partial charge in [-0.05, 0) is 106 Å². The quantitative estimate of drug-likeness (QED) is 0.468. The first-order valence-corrected chi connectivity index (χ1v) is 11.7. The minimum absolute atomic E-state index is 0.135. The van der Waals surface area contributed by atoms with Crippen LogP contribution in [0.5, 0.6) is 0 Å². The van der Waals surface area contributed by atoms with Crippen molar-refractivity contribution in [1.82, 2.24) is 0 Å². The molecule has 3 aliphatic rings. The second-order valence-corrected chi connectivity index (χ2v) is 9.84. The number of rotatable bonds is 5. The van der Waals surface area contributed by atoms with Crippen molar-refractivity contribution in [3.05, 3.63) is 35.1 Å². The predicted molar refractivity (Wildman–Crippen MR) is 108 cm³/mol. The van der Waals surface area contributed by atoms with Crippen molar-refractivity contribution in [2.75, 3.05) is 0 Å². The molecular weight excluding hydrogens is 373 g/mol. The van der Waals surface area contributed by atoms with Gasteiger partial charge >= 0.3 is 0 Å². The van der Waals surface area contributed by atoms with Crippen LogP contribution in [0.25, 0.3) is 0 Å². The number of hydrogen-bond acceptors (Lipinski definition) is 1. The molecule has 0 atom stereocenters. The Morgan fingerprint density at radius 2 is 1.28 bits per heavy atom. The maximum absolute atomic E-state index is 13.5.